The highest BCUT2D eigenvalue weighted by Gasteiger charge is 2.23. The summed E-state index contributed by atoms with van der Waals surface area (Å²) in [6, 6.07) is 9.79. The van der Waals surface area contributed by atoms with E-state index in [1.165, 1.54) is 0 Å². The smallest absolute Gasteiger partial charge is 0.250 e. The zero-order chi connectivity index (χ0) is 17.6. The van der Waals surface area contributed by atoms with Crippen LogP contribution in [0.25, 0.3) is 10.9 Å². The van der Waals surface area contributed by atoms with Gasteiger partial charge < -0.3 is 14.5 Å². The van der Waals surface area contributed by atoms with Crippen LogP contribution < -0.4 is 5.56 Å². The van der Waals surface area contributed by atoms with E-state index < -0.39 is 0 Å². The normalized spacial score (nSPS) is 13.9. The number of hydrogen-bond acceptors (Lipinski definition) is 2. The van der Waals surface area contributed by atoms with E-state index in [4.69, 9.17) is 0 Å². The molecule has 0 atom stereocenters. The first-order chi connectivity index (χ1) is 12.0. The molecule has 0 saturated carbocycles. The van der Waals surface area contributed by atoms with Crippen molar-refractivity contribution < 1.29 is 4.79 Å². The lowest BCUT2D eigenvalue weighted by atomic mass is 10.0. The highest BCUT2D eigenvalue weighted by atomic mass is 16.2. The van der Waals surface area contributed by atoms with E-state index in [1.54, 1.807) is 17.7 Å². The van der Waals surface area contributed by atoms with E-state index in [-0.39, 0.29) is 11.5 Å². The Morgan fingerprint density at radius 1 is 1.24 bits per heavy atom. The molecule has 4 rings (SSSR count). The van der Waals surface area contributed by atoms with Crippen LogP contribution in [-0.4, -0.2) is 26.9 Å². The van der Waals surface area contributed by atoms with Crippen LogP contribution in [0, 0.1) is 6.92 Å². The number of para-hydroxylation sites is 1. The van der Waals surface area contributed by atoms with Crippen molar-refractivity contribution in [2.75, 3.05) is 6.54 Å². The number of nitrogens with one attached hydrogen (secondary N) is 1. The van der Waals surface area contributed by atoms with E-state index >= 15 is 0 Å². The fourth-order valence-corrected chi connectivity index (χ4v) is 3.68. The minimum atomic E-state index is 0.00736. The van der Waals surface area contributed by atoms with Gasteiger partial charge in [-0.3, -0.25) is 9.59 Å². The minimum Gasteiger partial charge on any atom is -0.358 e. The number of nitrogens with zero attached hydrogens (tertiary/aromatic N) is 2. The van der Waals surface area contributed by atoms with Crippen LogP contribution in [0.3, 0.4) is 0 Å². The van der Waals surface area contributed by atoms with Crippen molar-refractivity contribution in [2.45, 2.75) is 26.3 Å². The van der Waals surface area contributed by atoms with Gasteiger partial charge in [-0.2, -0.15) is 0 Å². The fraction of sp³-hybridized carbons (Fsp3) is 0.300. The molecule has 3 aromatic rings. The molecular formula is C20H21N3O2. The molecule has 0 unspecified atom stereocenters. The molecule has 0 saturated heterocycles. The van der Waals surface area contributed by atoms with Gasteiger partial charge in [0.25, 0.3) is 5.56 Å². The molecule has 1 amide bonds. The van der Waals surface area contributed by atoms with E-state index in [9.17, 15) is 9.59 Å². The van der Waals surface area contributed by atoms with Crippen molar-refractivity contribution in [2.24, 2.45) is 7.05 Å². The first-order valence-electron chi connectivity index (χ1n) is 8.55. The number of pyridine rings is 1. The Morgan fingerprint density at radius 2 is 2.04 bits per heavy atom. The van der Waals surface area contributed by atoms with Gasteiger partial charge >= 0.3 is 0 Å². The second-order valence-electron chi connectivity index (χ2n) is 6.79. The summed E-state index contributed by atoms with van der Waals surface area (Å²) in [6.07, 6.45) is 3.00. The second kappa shape index (κ2) is 5.92. The van der Waals surface area contributed by atoms with Gasteiger partial charge in [-0.05, 0) is 36.1 Å². The minimum absolute atomic E-state index is 0.00736. The van der Waals surface area contributed by atoms with E-state index in [0.717, 1.165) is 39.7 Å². The van der Waals surface area contributed by atoms with Gasteiger partial charge in [-0.15, -0.1) is 0 Å². The van der Waals surface area contributed by atoms with Crippen LogP contribution in [-0.2, 0) is 31.2 Å². The molecule has 1 N–H and O–H groups in total. The number of rotatable bonds is 2. The molecule has 0 aliphatic carbocycles. The number of benzene rings is 1. The molecular weight excluding hydrogens is 314 g/mol. The largest absolute Gasteiger partial charge is 0.358 e. The number of carbonyl (C=O) groups is 1. The topological polar surface area (TPSA) is 58.1 Å². The zero-order valence-corrected chi connectivity index (χ0v) is 14.5. The summed E-state index contributed by atoms with van der Waals surface area (Å²) in [5.41, 5.74) is 5.34. The highest BCUT2D eigenvalue weighted by Crippen LogP contribution is 2.24. The van der Waals surface area contributed by atoms with Gasteiger partial charge in [-0.1, -0.05) is 18.2 Å². The van der Waals surface area contributed by atoms with Gasteiger partial charge in [-0.25, -0.2) is 0 Å². The number of fused-ring (bicyclic) bond motifs is 2. The molecule has 1 aliphatic rings. The van der Waals surface area contributed by atoms with Gasteiger partial charge in [0.2, 0.25) is 5.91 Å². The summed E-state index contributed by atoms with van der Waals surface area (Å²) in [5.74, 6) is 0.132. The third-order valence-electron chi connectivity index (χ3n) is 5.13. The molecule has 0 radical (unpaired) electrons. The van der Waals surface area contributed by atoms with E-state index in [2.05, 4.69) is 11.1 Å². The number of amides is 1. The number of carbonyl (C=O) groups excluding carboxylic acids is 1. The number of aromatic amines is 1. The molecule has 5 heteroatoms. The molecule has 1 aliphatic heterocycles. The number of aromatic nitrogens is 2. The first-order valence-corrected chi connectivity index (χ1v) is 8.55. The van der Waals surface area contributed by atoms with Crippen molar-refractivity contribution in [1.29, 1.82) is 0 Å². The van der Waals surface area contributed by atoms with Crippen LogP contribution in [0.1, 0.15) is 22.4 Å². The Balaban J connectivity index is 1.58. The summed E-state index contributed by atoms with van der Waals surface area (Å²) in [6.45, 7) is 3.26. The third-order valence-corrected chi connectivity index (χ3v) is 5.13. The van der Waals surface area contributed by atoms with Crippen LogP contribution in [0.5, 0.6) is 0 Å². The summed E-state index contributed by atoms with van der Waals surface area (Å²) in [4.78, 5) is 29.9. The summed E-state index contributed by atoms with van der Waals surface area (Å²) in [7, 11) is 1.75. The lowest BCUT2D eigenvalue weighted by Gasteiger charge is -2.29. The Bertz CT molecular complexity index is 1030. The molecule has 1 aromatic carbocycles. The first kappa shape index (κ1) is 15.7. The lowest BCUT2D eigenvalue weighted by Crippen LogP contribution is -2.38. The average Bonchev–Trinajstić information content (AvgIpc) is 2.91. The van der Waals surface area contributed by atoms with Crippen molar-refractivity contribution >= 4 is 16.8 Å². The zero-order valence-electron chi connectivity index (χ0n) is 14.5. The third kappa shape index (κ3) is 2.76. The molecule has 2 aromatic heterocycles. The second-order valence-corrected chi connectivity index (χ2v) is 6.79. The number of hydrogen-bond donors (Lipinski definition) is 1. The summed E-state index contributed by atoms with van der Waals surface area (Å²) < 4.78 is 1.58. The number of aryl methyl sites for hydroxylation is 2. The van der Waals surface area contributed by atoms with Crippen molar-refractivity contribution in [3.8, 4) is 0 Å². The van der Waals surface area contributed by atoms with Gasteiger partial charge in [0, 0.05) is 49.0 Å². The molecule has 5 nitrogen and oxygen atoms in total. The van der Waals surface area contributed by atoms with Gasteiger partial charge in [0.15, 0.2) is 0 Å². The van der Waals surface area contributed by atoms with E-state index in [1.807, 2.05) is 36.2 Å². The standard InChI is InChI=1S/C20H21N3O2/c1-13-17(16-5-3-4-6-18(16)21-13)10-20(25)23-8-7-14-9-19(24)22(2)11-15(14)12-23/h3-6,9,11,21H,7-8,10,12H2,1-2H3. The fourth-order valence-electron chi connectivity index (χ4n) is 3.68. The van der Waals surface area contributed by atoms with Crippen LogP contribution in [0.15, 0.2) is 41.3 Å². The SMILES string of the molecule is Cc1[nH]c2ccccc2c1CC(=O)N1CCc2cc(=O)n(C)cc2C1. The Kier molecular flexibility index (Phi) is 3.71. The molecule has 0 fully saturated rings. The monoisotopic (exact) mass is 335 g/mol. The van der Waals surface area contributed by atoms with Crippen LogP contribution >= 0.6 is 0 Å². The summed E-state index contributed by atoms with van der Waals surface area (Å²) in [5, 5.41) is 1.12. The maximum absolute atomic E-state index is 12.9. The highest BCUT2D eigenvalue weighted by molar-refractivity contribution is 5.90. The Hall–Kier alpha value is -2.82. The Morgan fingerprint density at radius 3 is 2.88 bits per heavy atom. The number of H-pyrrole nitrogens is 1. The van der Waals surface area contributed by atoms with Crippen molar-refractivity contribution in [3.63, 3.8) is 0 Å². The molecule has 0 bridgehead atoms. The van der Waals surface area contributed by atoms with Gasteiger partial charge in [0.1, 0.15) is 0 Å². The lowest BCUT2D eigenvalue weighted by molar-refractivity contribution is -0.131. The van der Waals surface area contributed by atoms with Crippen LogP contribution in [0.2, 0.25) is 0 Å². The quantitative estimate of drug-likeness (QED) is 0.781. The maximum atomic E-state index is 12.9. The summed E-state index contributed by atoms with van der Waals surface area (Å²) >= 11 is 0. The Labute approximate surface area is 145 Å². The predicted molar refractivity (Wildman–Crippen MR) is 97.5 cm³/mol. The van der Waals surface area contributed by atoms with Crippen LogP contribution in [0.4, 0.5) is 0 Å². The van der Waals surface area contributed by atoms with Gasteiger partial charge in [0.05, 0.1) is 6.42 Å². The van der Waals surface area contributed by atoms with Crippen molar-refractivity contribution in [3.05, 3.63) is 69.3 Å². The molecule has 128 valence electrons. The van der Waals surface area contributed by atoms with E-state index in [0.29, 0.717) is 19.5 Å². The predicted octanol–water partition coefficient (Wildman–Crippen LogP) is 2.30. The maximum Gasteiger partial charge on any atom is 0.250 e. The molecule has 0 spiro atoms. The molecule has 25 heavy (non-hydrogen) atoms. The van der Waals surface area contributed by atoms with Crippen molar-refractivity contribution in [1.82, 2.24) is 14.5 Å². The average molecular weight is 335 g/mol. The molecule has 3 heterocycles.